The van der Waals surface area contributed by atoms with Crippen LogP contribution in [0.2, 0.25) is 0 Å². The van der Waals surface area contributed by atoms with Gasteiger partial charge >= 0.3 is 6.18 Å². The molecule has 3 atom stereocenters. The van der Waals surface area contributed by atoms with Gasteiger partial charge in [-0.25, -0.2) is 21.6 Å². The average Bonchev–Trinajstić information content (AvgIpc) is 3.37. The predicted octanol–water partition coefficient (Wildman–Crippen LogP) is 4.09. The Morgan fingerprint density at radius 3 is 2.50 bits per heavy atom. The van der Waals surface area contributed by atoms with Crippen LogP contribution in [-0.2, 0) is 10.0 Å². The highest BCUT2D eigenvalue weighted by Crippen LogP contribution is 2.48. The summed E-state index contributed by atoms with van der Waals surface area (Å²) in [5.74, 6) is -3.34. The van der Waals surface area contributed by atoms with E-state index in [1.54, 1.807) is 23.3 Å². The summed E-state index contributed by atoms with van der Waals surface area (Å²) in [5.41, 5.74) is 7.16. The number of fused-ring (bicyclic) bond motifs is 1. The molecule has 0 fully saturated rings. The molecule has 1 aliphatic heterocycles. The number of allylic oxidation sites excluding steroid dienone is 3. The molecule has 1 unspecified atom stereocenters. The van der Waals surface area contributed by atoms with Crippen LogP contribution in [0.25, 0.3) is 0 Å². The average molecular weight is 538 g/mol. The summed E-state index contributed by atoms with van der Waals surface area (Å²) >= 11 is 0. The maximum Gasteiger partial charge on any atom is 0.404 e. The monoisotopic (exact) mass is 537 g/mol. The van der Waals surface area contributed by atoms with Gasteiger partial charge in [-0.1, -0.05) is 12.5 Å². The van der Waals surface area contributed by atoms with Gasteiger partial charge < -0.3 is 10.5 Å². The van der Waals surface area contributed by atoms with Crippen molar-refractivity contribution in [1.29, 1.82) is 0 Å². The highest BCUT2D eigenvalue weighted by atomic mass is 32.2. The number of aliphatic hydroxyl groups is 1. The molecule has 13 heteroatoms. The molecule has 0 spiro atoms. The fraction of sp³-hybridized carbons (Fsp3) is 0.478. The zero-order valence-corrected chi connectivity index (χ0v) is 20.0. The summed E-state index contributed by atoms with van der Waals surface area (Å²) in [6, 6.07) is 5.84. The van der Waals surface area contributed by atoms with Gasteiger partial charge in [0.25, 0.3) is 6.43 Å². The molecule has 36 heavy (non-hydrogen) atoms. The maximum absolute atomic E-state index is 13.3. The quantitative estimate of drug-likeness (QED) is 0.489. The minimum absolute atomic E-state index is 0.238. The first-order valence-corrected chi connectivity index (χ1v) is 12.9. The van der Waals surface area contributed by atoms with E-state index in [9.17, 15) is 39.9 Å². The van der Waals surface area contributed by atoms with Crippen LogP contribution in [0.4, 0.5) is 32.0 Å². The first kappa shape index (κ1) is 26.6. The third kappa shape index (κ3) is 5.42. The summed E-state index contributed by atoms with van der Waals surface area (Å²) in [5, 5.41) is 11.4. The smallest absolute Gasteiger partial charge is 0.386 e. The van der Waals surface area contributed by atoms with Crippen molar-refractivity contribution in [3.8, 4) is 0 Å². The first-order valence-electron chi connectivity index (χ1n) is 11.2. The van der Waals surface area contributed by atoms with E-state index < -0.39 is 53.5 Å². The lowest BCUT2D eigenvalue weighted by molar-refractivity contribution is -0.107. The van der Waals surface area contributed by atoms with Crippen LogP contribution in [0.15, 0.2) is 59.0 Å². The third-order valence-electron chi connectivity index (χ3n) is 6.63. The highest BCUT2D eigenvalue weighted by molar-refractivity contribution is 7.89. The predicted molar refractivity (Wildman–Crippen MR) is 121 cm³/mol. The van der Waals surface area contributed by atoms with E-state index in [1.165, 1.54) is 12.1 Å². The maximum atomic E-state index is 13.3. The molecule has 0 aromatic heterocycles. The molecule has 1 heterocycles. The molecule has 4 rings (SSSR count). The molecular formula is C23H25F6N3O3S. The lowest BCUT2D eigenvalue weighted by Crippen LogP contribution is -2.46. The number of nitrogens with one attached hydrogen (secondary N) is 1. The molecule has 0 radical (unpaired) electrons. The molecule has 2 aliphatic carbocycles. The summed E-state index contributed by atoms with van der Waals surface area (Å²) in [6.45, 7) is 0.301. The number of anilines is 1. The topological polar surface area (TPSA) is 72.9 Å². The van der Waals surface area contributed by atoms with Gasteiger partial charge in [-0.3, -0.25) is 5.01 Å². The zero-order valence-electron chi connectivity index (χ0n) is 19.1. The number of nitrogens with zero attached hydrogens (tertiary/aromatic N) is 2. The van der Waals surface area contributed by atoms with E-state index in [0.29, 0.717) is 22.8 Å². The highest BCUT2D eigenvalue weighted by Gasteiger charge is 2.43. The van der Waals surface area contributed by atoms with Gasteiger partial charge in [0.2, 0.25) is 10.0 Å². The van der Waals surface area contributed by atoms with E-state index in [1.807, 2.05) is 13.0 Å². The number of hydrogen-bond donors (Lipinski definition) is 2. The molecule has 3 aliphatic rings. The lowest BCUT2D eigenvalue weighted by atomic mass is 9.80. The van der Waals surface area contributed by atoms with Gasteiger partial charge in [-0.05, 0) is 54.7 Å². The number of rotatable bonds is 8. The van der Waals surface area contributed by atoms with Crippen molar-refractivity contribution < 1.29 is 39.9 Å². The summed E-state index contributed by atoms with van der Waals surface area (Å²) in [4.78, 5) is 0. The molecule has 198 valence electrons. The normalized spacial score (nSPS) is 23.0. The van der Waals surface area contributed by atoms with Gasteiger partial charge in [-0.2, -0.15) is 17.5 Å². The van der Waals surface area contributed by atoms with Crippen LogP contribution in [0.3, 0.4) is 0 Å². The van der Waals surface area contributed by atoms with Crippen molar-refractivity contribution in [3.05, 3.63) is 64.8 Å². The summed E-state index contributed by atoms with van der Waals surface area (Å²) in [7, 11) is -5.01. The Kier molecular flexibility index (Phi) is 7.19. The summed E-state index contributed by atoms with van der Waals surface area (Å²) < 4.78 is 103. The number of hydrogen-bond acceptors (Lipinski definition) is 5. The molecule has 1 aromatic rings. The SMILES string of the molecule is C[C@H]1C2=CNN(c3ccc(F)cc3)C2=CC2=C1[C@@H](CN(CC(O)C(F)F)S(=O)(=O)CC(F)(F)F)CC2. The second-order valence-electron chi connectivity index (χ2n) is 9.10. The van der Waals surface area contributed by atoms with Crippen molar-refractivity contribution in [2.75, 3.05) is 23.9 Å². The fourth-order valence-electron chi connectivity index (χ4n) is 5.04. The van der Waals surface area contributed by atoms with Gasteiger partial charge in [0.05, 0.1) is 11.4 Å². The number of halogens is 6. The van der Waals surface area contributed by atoms with Crippen LogP contribution in [-0.4, -0.2) is 55.4 Å². The molecule has 0 saturated carbocycles. The van der Waals surface area contributed by atoms with Gasteiger partial charge in [-0.15, -0.1) is 0 Å². The van der Waals surface area contributed by atoms with E-state index in [0.717, 1.165) is 22.4 Å². The van der Waals surface area contributed by atoms with Gasteiger partial charge in [0, 0.05) is 30.8 Å². The van der Waals surface area contributed by atoms with Crippen LogP contribution in [0.5, 0.6) is 0 Å². The minimum atomic E-state index is -5.06. The lowest BCUT2D eigenvalue weighted by Gasteiger charge is -2.32. The Labute approximate surface area is 204 Å². The zero-order chi connectivity index (χ0) is 26.4. The minimum Gasteiger partial charge on any atom is -0.386 e. The number of sulfonamides is 1. The Hall–Kier alpha value is -2.51. The van der Waals surface area contributed by atoms with Crippen LogP contribution in [0, 0.1) is 17.7 Å². The number of hydrazine groups is 1. The molecule has 0 saturated heterocycles. The van der Waals surface area contributed by atoms with Crippen LogP contribution >= 0.6 is 0 Å². The molecule has 0 bridgehead atoms. The van der Waals surface area contributed by atoms with Gasteiger partial charge in [0.1, 0.15) is 11.9 Å². The Morgan fingerprint density at radius 2 is 1.89 bits per heavy atom. The van der Waals surface area contributed by atoms with E-state index in [2.05, 4.69) is 5.43 Å². The van der Waals surface area contributed by atoms with Gasteiger partial charge in [0.15, 0.2) is 5.75 Å². The first-order chi connectivity index (χ1) is 16.8. The second-order valence-corrected chi connectivity index (χ2v) is 11.1. The van der Waals surface area contributed by atoms with Crippen molar-refractivity contribution in [2.45, 2.75) is 38.5 Å². The molecule has 2 N–H and O–H groups in total. The number of benzene rings is 1. The van der Waals surface area contributed by atoms with E-state index in [-0.39, 0.29) is 11.7 Å². The van der Waals surface area contributed by atoms with E-state index >= 15 is 0 Å². The fourth-order valence-corrected chi connectivity index (χ4v) is 6.42. The number of aliphatic hydroxyl groups excluding tert-OH is 1. The van der Waals surface area contributed by atoms with Crippen LogP contribution < -0.4 is 10.4 Å². The molecule has 1 aromatic carbocycles. The standard InChI is InChI=1S/C23H25F6N3O3S/c1-13-18-9-30-32(17-6-4-16(24)5-7-17)19(18)8-14-2-3-15(21(13)14)10-31(11-20(33)22(25)26)36(34,35)12-23(27,28)29/h4-9,13,15,20,22,30,33H,2-3,10-12H2,1H3/t13-,15+,20?/m0/s1. The van der Waals surface area contributed by atoms with Crippen molar-refractivity contribution in [2.24, 2.45) is 11.8 Å². The Balaban J connectivity index is 1.62. The largest absolute Gasteiger partial charge is 0.404 e. The Morgan fingerprint density at radius 1 is 1.22 bits per heavy atom. The second kappa shape index (κ2) is 9.75. The third-order valence-corrected chi connectivity index (χ3v) is 8.41. The molecule has 6 nitrogen and oxygen atoms in total. The molecular weight excluding hydrogens is 512 g/mol. The summed E-state index contributed by atoms with van der Waals surface area (Å²) in [6.07, 6.45) is -6.21. The van der Waals surface area contributed by atoms with Crippen molar-refractivity contribution in [3.63, 3.8) is 0 Å². The van der Waals surface area contributed by atoms with Crippen LogP contribution in [0.1, 0.15) is 19.8 Å². The van der Waals surface area contributed by atoms with Crippen molar-refractivity contribution in [1.82, 2.24) is 9.73 Å². The van der Waals surface area contributed by atoms with E-state index in [4.69, 9.17) is 0 Å². The van der Waals surface area contributed by atoms with Crippen molar-refractivity contribution >= 4 is 15.7 Å². The number of alkyl halides is 5. The Bertz CT molecular complexity index is 1190. The molecule has 0 amide bonds.